The van der Waals surface area contributed by atoms with E-state index in [2.05, 4.69) is 10.3 Å². The van der Waals surface area contributed by atoms with Crippen LogP contribution in [0.1, 0.15) is 31.4 Å². The third kappa shape index (κ3) is 5.73. The summed E-state index contributed by atoms with van der Waals surface area (Å²) in [6.45, 7) is 2.36. The molecule has 0 saturated heterocycles. The van der Waals surface area contributed by atoms with Crippen molar-refractivity contribution in [3.63, 3.8) is 0 Å². The number of hydrogen-bond acceptors (Lipinski definition) is 3. The van der Waals surface area contributed by atoms with Crippen molar-refractivity contribution in [3.8, 4) is 5.75 Å². The molecule has 1 N–H and O–H groups in total. The number of halogens is 2. The first-order valence-electron chi connectivity index (χ1n) is 7.33. The van der Waals surface area contributed by atoms with Crippen LogP contribution in [0.15, 0.2) is 42.7 Å². The SMILES string of the molecule is CC(NC(=O)CCCOc1ccc(Cl)cc1Cl)c1ccncc1. The molecule has 23 heavy (non-hydrogen) atoms. The number of rotatable bonds is 7. The third-order valence-corrected chi connectivity index (χ3v) is 3.81. The van der Waals surface area contributed by atoms with Gasteiger partial charge in [0.2, 0.25) is 5.91 Å². The molecule has 1 aromatic carbocycles. The summed E-state index contributed by atoms with van der Waals surface area (Å²) in [5.41, 5.74) is 1.03. The molecule has 1 amide bonds. The van der Waals surface area contributed by atoms with E-state index in [0.717, 1.165) is 5.56 Å². The van der Waals surface area contributed by atoms with Crippen LogP contribution in [0.3, 0.4) is 0 Å². The lowest BCUT2D eigenvalue weighted by Crippen LogP contribution is -2.26. The summed E-state index contributed by atoms with van der Waals surface area (Å²) < 4.78 is 5.55. The predicted molar refractivity (Wildman–Crippen MR) is 92.0 cm³/mol. The van der Waals surface area contributed by atoms with Crippen LogP contribution in [-0.2, 0) is 4.79 Å². The molecule has 0 spiro atoms. The molecule has 2 aromatic rings. The Labute approximate surface area is 145 Å². The fraction of sp³-hybridized carbons (Fsp3) is 0.294. The second-order valence-corrected chi connectivity index (χ2v) is 5.94. The summed E-state index contributed by atoms with van der Waals surface area (Å²) in [6.07, 6.45) is 4.41. The van der Waals surface area contributed by atoms with Crippen molar-refractivity contribution in [2.75, 3.05) is 6.61 Å². The molecule has 2 rings (SSSR count). The number of hydrogen-bond donors (Lipinski definition) is 1. The molecule has 1 atom stereocenters. The van der Waals surface area contributed by atoms with Crippen LogP contribution in [0.4, 0.5) is 0 Å². The average molecular weight is 353 g/mol. The van der Waals surface area contributed by atoms with E-state index < -0.39 is 0 Å². The lowest BCUT2D eigenvalue weighted by atomic mass is 10.1. The van der Waals surface area contributed by atoms with Gasteiger partial charge in [0.15, 0.2) is 0 Å². The van der Waals surface area contributed by atoms with E-state index in [0.29, 0.717) is 35.2 Å². The van der Waals surface area contributed by atoms with Gasteiger partial charge in [-0.05, 0) is 49.2 Å². The first kappa shape index (κ1) is 17.6. The van der Waals surface area contributed by atoms with Crippen LogP contribution in [0, 0.1) is 0 Å². The number of nitrogens with zero attached hydrogens (tertiary/aromatic N) is 1. The lowest BCUT2D eigenvalue weighted by Gasteiger charge is -2.14. The van der Waals surface area contributed by atoms with E-state index in [1.807, 2.05) is 19.1 Å². The molecule has 0 bridgehead atoms. The molecule has 0 saturated carbocycles. The molecule has 0 fully saturated rings. The van der Waals surface area contributed by atoms with Crippen molar-refractivity contribution in [1.29, 1.82) is 0 Å². The third-order valence-electron chi connectivity index (χ3n) is 3.28. The molecule has 1 heterocycles. The maximum atomic E-state index is 11.9. The van der Waals surface area contributed by atoms with Gasteiger partial charge in [-0.15, -0.1) is 0 Å². The van der Waals surface area contributed by atoms with Crippen molar-refractivity contribution in [2.24, 2.45) is 0 Å². The minimum atomic E-state index is -0.0443. The van der Waals surface area contributed by atoms with Crippen molar-refractivity contribution >= 4 is 29.1 Å². The van der Waals surface area contributed by atoms with E-state index in [4.69, 9.17) is 27.9 Å². The van der Waals surface area contributed by atoms with Crippen molar-refractivity contribution in [1.82, 2.24) is 10.3 Å². The minimum absolute atomic E-state index is 0.0138. The van der Waals surface area contributed by atoms with Gasteiger partial charge < -0.3 is 10.1 Å². The predicted octanol–water partition coefficient (Wildman–Crippen LogP) is 4.42. The quantitative estimate of drug-likeness (QED) is 0.750. The Morgan fingerprint density at radius 2 is 2.00 bits per heavy atom. The monoisotopic (exact) mass is 352 g/mol. The second-order valence-electron chi connectivity index (χ2n) is 5.10. The van der Waals surface area contributed by atoms with Crippen LogP contribution >= 0.6 is 23.2 Å². The standard InChI is InChI=1S/C17H18Cl2N2O2/c1-12(13-6-8-20-9-7-13)21-17(22)3-2-10-23-16-5-4-14(18)11-15(16)19/h4-9,11-12H,2-3,10H2,1H3,(H,21,22). The molecule has 122 valence electrons. The van der Waals surface area contributed by atoms with E-state index in [-0.39, 0.29) is 11.9 Å². The smallest absolute Gasteiger partial charge is 0.220 e. The number of ether oxygens (including phenoxy) is 1. The topological polar surface area (TPSA) is 51.2 Å². The first-order chi connectivity index (χ1) is 11.1. The molecule has 4 nitrogen and oxygen atoms in total. The van der Waals surface area contributed by atoms with Gasteiger partial charge in [0, 0.05) is 23.8 Å². The Kier molecular flexibility index (Phi) is 6.68. The van der Waals surface area contributed by atoms with Crippen molar-refractivity contribution in [2.45, 2.75) is 25.8 Å². The molecule has 0 radical (unpaired) electrons. The molecular formula is C17H18Cl2N2O2. The molecule has 6 heteroatoms. The minimum Gasteiger partial charge on any atom is -0.492 e. The summed E-state index contributed by atoms with van der Waals surface area (Å²) in [4.78, 5) is 15.9. The van der Waals surface area contributed by atoms with E-state index in [1.165, 1.54) is 0 Å². The number of aromatic nitrogens is 1. The van der Waals surface area contributed by atoms with Gasteiger partial charge in [-0.25, -0.2) is 0 Å². The largest absolute Gasteiger partial charge is 0.492 e. The zero-order valence-corrected chi connectivity index (χ0v) is 14.3. The van der Waals surface area contributed by atoms with Gasteiger partial charge in [0.25, 0.3) is 0 Å². The molecular weight excluding hydrogens is 335 g/mol. The van der Waals surface area contributed by atoms with Crippen LogP contribution in [0.2, 0.25) is 10.0 Å². The van der Waals surface area contributed by atoms with Gasteiger partial charge >= 0.3 is 0 Å². The Morgan fingerprint density at radius 3 is 2.70 bits per heavy atom. The normalized spacial score (nSPS) is 11.8. The molecule has 1 unspecified atom stereocenters. The Hall–Kier alpha value is -1.78. The summed E-state index contributed by atoms with van der Waals surface area (Å²) in [5.74, 6) is 0.557. The number of nitrogens with one attached hydrogen (secondary N) is 1. The highest BCUT2D eigenvalue weighted by molar-refractivity contribution is 6.35. The molecule has 0 aliphatic rings. The van der Waals surface area contributed by atoms with Crippen LogP contribution in [0.5, 0.6) is 5.75 Å². The fourth-order valence-electron chi connectivity index (χ4n) is 2.06. The zero-order valence-electron chi connectivity index (χ0n) is 12.8. The Bertz CT molecular complexity index is 650. The molecule has 0 aliphatic heterocycles. The van der Waals surface area contributed by atoms with E-state index >= 15 is 0 Å². The first-order valence-corrected chi connectivity index (χ1v) is 8.09. The van der Waals surface area contributed by atoms with Gasteiger partial charge in [-0.3, -0.25) is 9.78 Å². The maximum absolute atomic E-state index is 11.9. The van der Waals surface area contributed by atoms with E-state index in [9.17, 15) is 4.79 Å². The number of benzene rings is 1. The van der Waals surface area contributed by atoms with Crippen LogP contribution in [0.25, 0.3) is 0 Å². The van der Waals surface area contributed by atoms with Crippen LogP contribution < -0.4 is 10.1 Å². The van der Waals surface area contributed by atoms with Gasteiger partial charge in [0.1, 0.15) is 5.75 Å². The van der Waals surface area contributed by atoms with E-state index in [1.54, 1.807) is 30.6 Å². The highest BCUT2D eigenvalue weighted by atomic mass is 35.5. The van der Waals surface area contributed by atoms with Gasteiger partial charge in [-0.1, -0.05) is 23.2 Å². The average Bonchev–Trinajstić information content (AvgIpc) is 2.54. The van der Waals surface area contributed by atoms with Crippen molar-refractivity contribution in [3.05, 3.63) is 58.3 Å². The summed E-state index contributed by atoms with van der Waals surface area (Å²) in [5, 5.41) is 3.98. The number of carbonyl (C=O) groups is 1. The Balaban J connectivity index is 1.70. The Morgan fingerprint density at radius 1 is 1.26 bits per heavy atom. The molecule has 1 aromatic heterocycles. The van der Waals surface area contributed by atoms with Gasteiger partial charge in [-0.2, -0.15) is 0 Å². The summed E-state index contributed by atoms with van der Waals surface area (Å²) >= 11 is 11.8. The fourth-order valence-corrected chi connectivity index (χ4v) is 2.52. The second kappa shape index (κ2) is 8.75. The highest BCUT2D eigenvalue weighted by Crippen LogP contribution is 2.27. The number of amides is 1. The lowest BCUT2D eigenvalue weighted by molar-refractivity contribution is -0.121. The summed E-state index contributed by atoms with van der Waals surface area (Å²) in [6, 6.07) is 8.79. The highest BCUT2D eigenvalue weighted by Gasteiger charge is 2.09. The zero-order chi connectivity index (χ0) is 16.7. The van der Waals surface area contributed by atoms with Crippen molar-refractivity contribution < 1.29 is 9.53 Å². The number of carbonyl (C=O) groups excluding carboxylic acids is 1. The maximum Gasteiger partial charge on any atom is 0.220 e. The summed E-state index contributed by atoms with van der Waals surface area (Å²) in [7, 11) is 0. The molecule has 0 aliphatic carbocycles. The number of pyridine rings is 1. The van der Waals surface area contributed by atoms with Crippen LogP contribution in [-0.4, -0.2) is 17.5 Å². The van der Waals surface area contributed by atoms with Gasteiger partial charge in [0.05, 0.1) is 17.7 Å².